The van der Waals surface area contributed by atoms with Crippen molar-refractivity contribution in [1.29, 1.82) is 0 Å². The van der Waals surface area contributed by atoms with Crippen LogP contribution in [0.1, 0.15) is 53.4 Å². The maximum absolute atomic E-state index is 9.96. The predicted molar refractivity (Wildman–Crippen MR) is 87.9 cm³/mol. The van der Waals surface area contributed by atoms with Gasteiger partial charge in [-0.2, -0.15) is 0 Å². The molecule has 0 amide bonds. The molecular weight excluding hydrogens is 262 g/mol. The highest BCUT2D eigenvalue weighted by Crippen LogP contribution is 2.26. The third-order valence-electron chi connectivity index (χ3n) is 4.49. The number of nitrogens with one attached hydrogen (secondary N) is 1. The Kier molecular flexibility index (Phi) is 5.15. The van der Waals surface area contributed by atoms with Gasteiger partial charge in [-0.25, -0.2) is 0 Å². The van der Waals surface area contributed by atoms with Crippen LogP contribution in [0.5, 0.6) is 5.75 Å². The molecule has 1 aliphatic carbocycles. The molecule has 118 valence electrons. The molecule has 3 atom stereocenters. The largest absolute Gasteiger partial charge is 0.488 e. The van der Waals surface area contributed by atoms with Gasteiger partial charge in [-0.1, -0.05) is 27.2 Å². The molecule has 21 heavy (non-hydrogen) atoms. The molecule has 0 aromatic heterocycles. The second-order valence-electron chi connectivity index (χ2n) is 7.26. The molecule has 0 spiro atoms. The maximum atomic E-state index is 9.96. The molecule has 2 N–H and O–H groups in total. The highest BCUT2D eigenvalue weighted by Gasteiger charge is 2.24. The van der Waals surface area contributed by atoms with Gasteiger partial charge >= 0.3 is 0 Å². The number of anilines is 1. The second-order valence-corrected chi connectivity index (χ2v) is 7.26. The summed E-state index contributed by atoms with van der Waals surface area (Å²) >= 11 is 0. The first kappa shape index (κ1) is 16.2. The Morgan fingerprint density at radius 2 is 1.76 bits per heavy atom. The summed E-state index contributed by atoms with van der Waals surface area (Å²) in [6.45, 7) is 8.88. The van der Waals surface area contributed by atoms with E-state index in [2.05, 4.69) is 33.0 Å². The summed E-state index contributed by atoms with van der Waals surface area (Å²) in [5.41, 5.74) is 1.33. The number of benzene rings is 1. The standard InChI is InChI=1S/C18H29NO2/c1-13(18(2,3)4)19-14-9-11-15(12-10-14)21-17-8-6-5-7-16(17)20/h9-13,16-17,19-20H,5-8H2,1-4H3/t13?,16-,17-/m1/s1. The molecule has 0 heterocycles. The van der Waals surface area contributed by atoms with Crippen LogP contribution < -0.4 is 10.1 Å². The first-order chi connectivity index (χ1) is 9.86. The molecule has 1 fully saturated rings. The van der Waals surface area contributed by atoms with Gasteiger partial charge in [0.05, 0.1) is 6.10 Å². The third-order valence-corrected chi connectivity index (χ3v) is 4.49. The van der Waals surface area contributed by atoms with Crippen molar-refractivity contribution in [3.8, 4) is 5.75 Å². The van der Waals surface area contributed by atoms with E-state index in [4.69, 9.17) is 4.74 Å². The van der Waals surface area contributed by atoms with E-state index in [1.165, 1.54) is 0 Å². The van der Waals surface area contributed by atoms with Crippen molar-refractivity contribution in [2.45, 2.75) is 71.6 Å². The van der Waals surface area contributed by atoms with Crippen LogP contribution in [0.25, 0.3) is 0 Å². The van der Waals surface area contributed by atoms with E-state index in [1.807, 2.05) is 24.3 Å². The topological polar surface area (TPSA) is 41.5 Å². The molecule has 1 aliphatic rings. The van der Waals surface area contributed by atoms with E-state index in [9.17, 15) is 5.11 Å². The second kappa shape index (κ2) is 6.69. The number of hydrogen-bond acceptors (Lipinski definition) is 3. The molecule has 2 rings (SSSR count). The predicted octanol–water partition coefficient (Wildman–Crippen LogP) is 4.22. The number of aliphatic hydroxyl groups excluding tert-OH is 1. The van der Waals surface area contributed by atoms with E-state index in [0.717, 1.165) is 37.1 Å². The Morgan fingerprint density at radius 1 is 1.14 bits per heavy atom. The van der Waals surface area contributed by atoms with Gasteiger partial charge in [0, 0.05) is 11.7 Å². The normalized spacial score (nSPS) is 24.4. The van der Waals surface area contributed by atoms with Gasteiger partial charge in [0.25, 0.3) is 0 Å². The summed E-state index contributed by atoms with van der Waals surface area (Å²) < 4.78 is 5.92. The first-order valence-electron chi connectivity index (χ1n) is 8.07. The lowest BCUT2D eigenvalue weighted by atomic mass is 9.88. The van der Waals surface area contributed by atoms with Crippen molar-refractivity contribution in [1.82, 2.24) is 0 Å². The Hall–Kier alpha value is -1.22. The van der Waals surface area contributed by atoms with Crippen LogP contribution in [0.3, 0.4) is 0 Å². The van der Waals surface area contributed by atoms with Gasteiger partial charge in [-0.05, 0) is 55.9 Å². The Morgan fingerprint density at radius 3 is 2.33 bits per heavy atom. The molecule has 0 saturated heterocycles. The zero-order valence-corrected chi connectivity index (χ0v) is 13.7. The molecule has 1 unspecified atom stereocenters. The van der Waals surface area contributed by atoms with E-state index in [-0.39, 0.29) is 17.6 Å². The quantitative estimate of drug-likeness (QED) is 0.873. The fourth-order valence-corrected chi connectivity index (χ4v) is 2.49. The lowest BCUT2D eigenvalue weighted by Gasteiger charge is -2.29. The van der Waals surface area contributed by atoms with Crippen LogP contribution in [0.15, 0.2) is 24.3 Å². The number of aliphatic hydroxyl groups is 1. The van der Waals surface area contributed by atoms with Crippen molar-refractivity contribution in [3.63, 3.8) is 0 Å². The van der Waals surface area contributed by atoms with Gasteiger partial charge in [0.2, 0.25) is 0 Å². The van der Waals surface area contributed by atoms with Crippen LogP contribution >= 0.6 is 0 Å². The van der Waals surface area contributed by atoms with Crippen LogP contribution in [0, 0.1) is 5.41 Å². The molecule has 0 aliphatic heterocycles. The number of rotatable bonds is 4. The van der Waals surface area contributed by atoms with Crippen LogP contribution in [0.4, 0.5) is 5.69 Å². The van der Waals surface area contributed by atoms with Crippen molar-refractivity contribution in [2.75, 3.05) is 5.32 Å². The molecule has 1 saturated carbocycles. The third kappa shape index (κ3) is 4.63. The lowest BCUT2D eigenvalue weighted by molar-refractivity contribution is 0.00688. The summed E-state index contributed by atoms with van der Waals surface area (Å²) in [5, 5.41) is 13.5. The summed E-state index contributed by atoms with van der Waals surface area (Å²) in [6.07, 6.45) is 3.68. The Balaban J connectivity index is 1.92. The minimum atomic E-state index is -0.322. The molecule has 3 nitrogen and oxygen atoms in total. The number of ether oxygens (including phenoxy) is 1. The molecule has 0 bridgehead atoms. The Labute approximate surface area is 128 Å². The average Bonchev–Trinajstić information content (AvgIpc) is 2.42. The van der Waals surface area contributed by atoms with Gasteiger partial charge in [-0.3, -0.25) is 0 Å². The highest BCUT2D eigenvalue weighted by molar-refractivity contribution is 5.47. The van der Waals surface area contributed by atoms with Crippen molar-refractivity contribution >= 4 is 5.69 Å². The minimum Gasteiger partial charge on any atom is -0.488 e. The number of hydrogen-bond donors (Lipinski definition) is 2. The SMILES string of the molecule is CC(Nc1ccc(O[C@@H]2CCCC[C@H]2O)cc1)C(C)(C)C. The maximum Gasteiger partial charge on any atom is 0.124 e. The highest BCUT2D eigenvalue weighted by atomic mass is 16.5. The summed E-state index contributed by atoms with van der Waals surface area (Å²) in [6, 6.07) is 8.46. The van der Waals surface area contributed by atoms with Gasteiger partial charge in [-0.15, -0.1) is 0 Å². The fraction of sp³-hybridized carbons (Fsp3) is 0.667. The van der Waals surface area contributed by atoms with Crippen molar-refractivity contribution < 1.29 is 9.84 Å². The summed E-state index contributed by atoms with van der Waals surface area (Å²) in [5.74, 6) is 0.843. The van der Waals surface area contributed by atoms with Crippen LogP contribution in [-0.2, 0) is 0 Å². The van der Waals surface area contributed by atoms with Crippen molar-refractivity contribution in [2.24, 2.45) is 5.41 Å². The van der Waals surface area contributed by atoms with E-state index < -0.39 is 0 Å². The molecule has 3 heteroatoms. The summed E-state index contributed by atoms with van der Waals surface area (Å²) in [7, 11) is 0. The van der Waals surface area contributed by atoms with E-state index >= 15 is 0 Å². The molecular formula is C18H29NO2. The van der Waals surface area contributed by atoms with Crippen LogP contribution in [-0.4, -0.2) is 23.4 Å². The minimum absolute atomic E-state index is 0.0499. The van der Waals surface area contributed by atoms with E-state index in [0.29, 0.717) is 6.04 Å². The average molecular weight is 291 g/mol. The first-order valence-corrected chi connectivity index (χ1v) is 8.07. The molecule has 1 aromatic rings. The lowest BCUT2D eigenvalue weighted by Crippen LogP contribution is -2.34. The van der Waals surface area contributed by atoms with E-state index in [1.54, 1.807) is 0 Å². The zero-order valence-electron chi connectivity index (χ0n) is 13.7. The zero-order chi connectivity index (χ0) is 15.5. The monoisotopic (exact) mass is 291 g/mol. The van der Waals surface area contributed by atoms with Gasteiger partial charge in [0.1, 0.15) is 11.9 Å². The van der Waals surface area contributed by atoms with Crippen LogP contribution in [0.2, 0.25) is 0 Å². The smallest absolute Gasteiger partial charge is 0.124 e. The fourth-order valence-electron chi connectivity index (χ4n) is 2.49. The van der Waals surface area contributed by atoms with Gasteiger partial charge in [0.15, 0.2) is 0 Å². The Bertz CT molecular complexity index is 436. The van der Waals surface area contributed by atoms with Crippen molar-refractivity contribution in [3.05, 3.63) is 24.3 Å². The summed E-state index contributed by atoms with van der Waals surface area (Å²) in [4.78, 5) is 0. The molecule has 0 radical (unpaired) electrons. The van der Waals surface area contributed by atoms with Gasteiger partial charge < -0.3 is 15.2 Å². The molecule has 1 aromatic carbocycles.